The van der Waals surface area contributed by atoms with Gasteiger partial charge in [0.2, 0.25) is 0 Å². The van der Waals surface area contributed by atoms with Crippen LogP contribution in [0.5, 0.6) is 0 Å². The van der Waals surface area contributed by atoms with E-state index in [9.17, 15) is 18.3 Å². The molecule has 1 N–H and O–H groups in total. The maximum atomic E-state index is 13.0. The first-order valence-electron chi connectivity index (χ1n) is 7.89. The molecule has 0 radical (unpaired) electrons. The number of carbonyl (C=O) groups is 1. The van der Waals surface area contributed by atoms with E-state index >= 15 is 0 Å². The van der Waals surface area contributed by atoms with Crippen LogP contribution in [0.2, 0.25) is 0 Å². The van der Waals surface area contributed by atoms with Gasteiger partial charge >= 0.3 is 0 Å². The number of sulfonamides is 1. The number of hydrogen-bond donors (Lipinski definition) is 1. The molecule has 0 aliphatic rings. The zero-order valence-corrected chi connectivity index (χ0v) is 16.1. The molecule has 2 aromatic rings. The third-order valence-corrected chi connectivity index (χ3v) is 6.56. The fraction of sp³-hybridized carbons (Fsp3) is 0.316. The van der Waals surface area contributed by atoms with Crippen molar-refractivity contribution in [3.63, 3.8) is 0 Å². The SMILES string of the molecule is Cc1ccc(C(=O)[O-])cc1NS(=O)(=O)c1c(C)c(C)c(C)c(C)c1C. The first kappa shape index (κ1) is 19.0. The fourth-order valence-electron chi connectivity index (χ4n) is 2.92. The van der Waals surface area contributed by atoms with Gasteiger partial charge in [0.05, 0.1) is 16.6 Å². The van der Waals surface area contributed by atoms with Crippen LogP contribution in [0.3, 0.4) is 0 Å². The quantitative estimate of drug-likeness (QED) is 0.908. The molecule has 0 aliphatic heterocycles. The van der Waals surface area contributed by atoms with Crippen LogP contribution in [-0.4, -0.2) is 14.4 Å². The van der Waals surface area contributed by atoms with Gasteiger partial charge in [-0.15, -0.1) is 0 Å². The molecule has 2 rings (SSSR count). The summed E-state index contributed by atoms with van der Waals surface area (Å²) >= 11 is 0. The van der Waals surface area contributed by atoms with Crippen molar-refractivity contribution in [2.24, 2.45) is 0 Å². The molecule has 6 heteroatoms. The highest BCUT2D eigenvalue weighted by atomic mass is 32.2. The molecule has 0 amide bonds. The number of aromatic carboxylic acids is 1. The predicted molar refractivity (Wildman–Crippen MR) is 96.4 cm³/mol. The third kappa shape index (κ3) is 3.39. The molecule has 2 aromatic carbocycles. The fourth-order valence-corrected chi connectivity index (χ4v) is 4.65. The maximum absolute atomic E-state index is 13.0. The summed E-state index contributed by atoms with van der Waals surface area (Å²) in [4.78, 5) is 11.3. The topological polar surface area (TPSA) is 86.3 Å². The van der Waals surface area contributed by atoms with E-state index < -0.39 is 16.0 Å². The van der Waals surface area contributed by atoms with Crippen molar-refractivity contribution in [3.8, 4) is 0 Å². The Labute approximate surface area is 148 Å². The van der Waals surface area contributed by atoms with Gasteiger partial charge in [-0.05, 0) is 86.6 Å². The van der Waals surface area contributed by atoms with E-state index in [1.807, 2.05) is 20.8 Å². The standard InChI is InChI=1S/C19H23NO4S/c1-10-7-8-16(19(21)22)9-17(10)20-25(23,24)18-14(5)12(3)11(2)13(4)15(18)6/h7-9,20H,1-6H3,(H,21,22)/p-1. The molecule has 0 fully saturated rings. The van der Waals surface area contributed by atoms with E-state index in [0.717, 1.165) is 16.7 Å². The molecule has 0 aromatic heterocycles. The van der Waals surface area contributed by atoms with Gasteiger partial charge in [-0.25, -0.2) is 8.42 Å². The minimum atomic E-state index is -3.86. The van der Waals surface area contributed by atoms with Crippen molar-refractivity contribution < 1.29 is 18.3 Å². The average Bonchev–Trinajstić information content (AvgIpc) is 2.52. The number of benzene rings is 2. The summed E-state index contributed by atoms with van der Waals surface area (Å²) in [5, 5.41) is 11.0. The Bertz CT molecular complexity index is 946. The molecule has 0 atom stereocenters. The molecule has 0 spiro atoms. The average molecular weight is 360 g/mol. The lowest BCUT2D eigenvalue weighted by molar-refractivity contribution is -0.255. The monoisotopic (exact) mass is 360 g/mol. The summed E-state index contributed by atoms with van der Waals surface area (Å²) in [5.41, 5.74) is 5.12. The highest BCUT2D eigenvalue weighted by Gasteiger charge is 2.24. The first-order chi connectivity index (χ1) is 11.5. The van der Waals surface area contributed by atoms with Crippen LogP contribution in [0, 0.1) is 41.5 Å². The zero-order valence-electron chi connectivity index (χ0n) is 15.3. The lowest BCUT2D eigenvalue weighted by Gasteiger charge is -2.20. The number of aryl methyl sites for hydroxylation is 1. The second-order valence-corrected chi connectivity index (χ2v) is 8.00. The zero-order chi connectivity index (χ0) is 19.1. The highest BCUT2D eigenvalue weighted by Crippen LogP contribution is 2.31. The van der Waals surface area contributed by atoms with Crippen molar-refractivity contribution >= 4 is 21.7 Å². The van der Waals surface area contributed by atoms with Crippen molar-refractivity contribution in [1.82, 2.24) is 0 Å². The van der Waals surface area contributed by atoms with E-state index in [1.54, 1.807) is 26.8 Å². The number of carbonyl (C=O) groups excluding carboxylic acids is 1. The largest absolute Gasteiger partial charge is 0.545 e. The van der Waals surface area contributed by atoms with Crippen molar-refractivity contribution in [3.05, 3.63) is 57.1 Å². The minimum absolute atomic E-state index is 0.0759. The number of hydrogen-bond acceptors (Lipinski definition) is 4. The van der Waals surface area contributed by atoms with Crippen LogP contribution >= 0.6 is 0 Å². The Balaban J connectivity index is 2.63. The number of carboxylic acid groups (broad SMARTS) is 1. The molecule has 134 valence electrons. The number of rotatable bonds is 4. The molecule has 0 unspecified atom stereocenters. The molecule has 0 aliphatic carbocycles. The third-order valence-electron chi connectivity index (χ3n) is 4.92. The predicted octanol–water partition coefficient (Wildman–Crippen LogP) is 2.70. The van der Waals surface area contributed by atoms with E-state index in [0.29, 0.717) is 16.7 Å². The Morgan fingerprint density at radius 1 is 0.880 bits per heavy atom. The number of nitrogens with one attached hydrogen (secondary N) is 1. The van der Waals surface area contributed by atoms with Crippen LogP contribution < -0.4 is 9.83 Å². The maximum Gasteiger partial charge on any atom is 0.262 e. The normalized spacial score (nSPS) is 11.4. The van der Waals surface area contributed by atoms with Gasteiger partial charge in [0.1, 0.15) is 0 Å². The summed E-state index contributed by atoms with van der Waals surface area (Å²) in [7, 11) is -3.86. The van der Waals surface area contributed by atoms with Gasteiger partial charge in [-0.1, -0.05) is 12.1 Å². The van der Waals surface area contributed by atoms with E-state index in [4.69, 9.17) is 0 Å². The van der Waals surface area contributed by atoms with E-state index in [-0.39, 0.29) is 16.1 Å². The summed E-state index contributed by atoms with van der Waals surface area (Å²) < 4.78 is 28.6. The molecule has 0 saturated carbocycles. The Hall–Kier alpha value is -2.34. The number of carboxylic acids is 1. The smallest absolute Gasteiger partial charge is 0.262 e. The highest BCUT2D eigenvalue weighted by molar-refractivity contribution is 7.92. The molecule has 5 nitrogen and oxygen atoms in total. The van der Waals surface area contributed by atoms with Crippen LogP contribution in [0.15, 0.2) is 23.1 Å². The minimum Gasteiger partial charge on any atom is -0.545 e. The van der Waals surface area contributed by atoms with Gasteiger partial charge in [-0.3, -0.25) is 4.72 Å². The molecule has 0 bridgehead atoms. The van der Waals surface area contributed by atoms with Crippen LogP contribution in [0.1, 0.15) is 43.7 Å². The van der Waals surface area contributed by atoms with Gasteiger partial charge in [0, 0.05) is 0 Å². The molecule has 0 saturated heterocycles. The Kier molecular flexibility index (Phi) is 4.95. The summed E-state index contributed by atoms with van der Waals surface area (Å²) in [6.45, 7) is 11.1. The first-order valence-corrected chi connectivity index (χ1v) is 9.37. The Morgan fingerprint density at radius 3 is 1.84 bits per heavy atom. The van der Waals surface area contributed by atoms with Crippen molar-refractivity contribution in [2.45, 2.75) is 46.4 Å². The summed E-state index contributed by atoms with van der Waals surface area (Å²) in [5.74, 6) is -1.35. The molecular weight excluding hydrogens is 338 g/mol. The van der Waals surface area contributed by atoms with Crippen molar-refractivity contribution in [1.29, 1.82) is 0 Å². The Morgan fingerprint density at radius 2 is 1.36 bits per heavy atom. The summed E-state index contributed by atoms with van der Waals surface area (Å²) in [6, 6.07) is 4.22. The van der Waals surface area contributed by atoms with Crippen molar-refractivity contribution in [2.75, 3.05) is 4.72 Å². The number of anilines is 1. The second-order valence-electron chi connectivity index (χ2n) is 6.38. The van der Waals surface area contributed by atoms with Crippen LogP contribution in [0.4, 0.5) is 5.69 Å². The lowest BCUT2D eigenvalue weighted by Crippen LogP contribution is -2.23. The van der Waals surface area contributed by atoms with Gasteiger partial charge in [0.15, 0.2) is 0 Å². The van der Waals surface area contributed by atoms with Crippen LogP contribution in [-0.2, 0) is 10.0 Å². The second kappa shape index (κ2) is 6.52. The molecule has 0 heterocycles. The summed E-state index contributed by atoms with van der Waals surface area (Å²) in [6.07, 6.45) is 0. The molecule has 25 heavy (non-hydrogen) atoms. The van der Waals surface area contributed by atoms with Crippen LogP contribution in [0.25, 0.3) is 0 Å². The van der Waals surface area contributed by atoms with Gasteiger partial charge in [-0.2, -0.15) is 0 Å². The van der Waals surface area contributed by atoms with Gasteiger partial charge in [0.25, 0.3) is 10.0 Å². The van der Waals surface area contributed by atoms with E-state index in [2.05, 4.69) is 4.72 Å². The lowest BCUT2D eigenvalue weighted by atomic mass is 9.95. The van der Waals surface area contributed by atoms with Gasteiger partial charge < -0.3 is 9.90 Å². The molecular formula is C19H22NO4S-. The van der Waals surface area contributed by atoms with E-state index in [1.165, 1.54) is 12.1 Å².